The van der Waals surface area contributed by atoms with Crippen molar-refractivity contribution in [1.82, 2.24) is 9.88 Å². The van der Waals surface area contributed by atoms with Crippen LogP contribution in [0.5, 0.6) is 5.75 Å². The maximum Gasteiger partial charge on any atom is 0.308 e. The Bertz CT molecular complexity index is 602. The lowest BCUT2D eigenvalue weighted by atomic mass is 10.1. The molecular formula is C16H22N2O2. The first kappa shape index (κ1) is 14.6. The standard InChI is InChI=1S/C16H22N2O2/c1-11(2)18(4)8-7-13-10-17-16-9-14(20-12(3)19)5-6-15(13)16/h5-6,9-11,17H,7-8H2,1-4H3. The second-order valence-electron chi connectivity index (χ2n) is 5.44. The van der Waals surface area contributed by atoms with E-state index in [1.807, 2.05) is 24.4 Å². The molecule has 4 nitrogen and oxygen atoms in total. The van der Waals surface area contributed by atoms with Gasteiger partial charge in [-0.15, -0.1) is 0 Å². The second kappa shape index (κ2) is 6.09. The largest absolute Gasteiger partial charge is 0.427 e. The van der Waals surface area contributed by atoms with Crippen molar-refractivity contribution in [3.63, 3.8) is 0 Å². The normalized spacial score (nSPS) is 11.5. The molecule has 0 fully saturated rings. The van der Waals surface area contributed by atoms with Crippen molar-refractivity contribution in [1.29, 1.82) is 0 Å². The number of hydrogen-bond acceptors (Lipinski definition) is 3. The molecule has 0 aliphatic rings. The second-order valence-corrected chi connectivity index (χ2v) is 5.44. The first-order valence-electron chi connectivity index (χ1n) is 6.96. The topological polar surface area (TPSA) is 45.3 Å². The van der Waals surface area contributed by atoms with Crippen LogP contribution < -0.4 is 4.74 Å². The van der Waals surface area contributed by atoms with E-state index in [-0.39, 0.29) is 5.97 Å². The van der Waals surface area contributed by atoms with Crippen molar-refractivity contribution < 1.29 is 9.53 Å². The predicted molar refractivity (Wildman–Crippen MR) is 81.1 cm³/mol. The van der Waals surface area contributed by atoms with Crippen molar-refractivity contribution in [2.75, 3.05) is 13.6 Å². The van der Waals surface area contributed by atoms with Gasteiger partial charge in [0.05, 0.1) is 0 Å². The molecule has 0 unspecified atom stereocenters. The molecule has 0 bridgehead atoms. The summed E-state index contributed by atoms with van der Waals surface area (Å²) in [6.07, 6.45) is 3.04. The van der Waals surface area contributed by atoms with E-state index in [1.165, 1.54) is 17.9 Å². The SMILES string of the molecule is CC(=O)Oc1ccc2c(CCN(C)C(C)C)c[nH]c2c1. The van der Waals surface area contributed by atoms with Gasteiger partial charge in [-0.25, -0.2) is 0 Å². The number of fused-ring (bicyclic) bond motifs is 1. The Hall–Kier alpha value is -1.81. The predicted octanol–water partition coefficient (Wildman–Crippen LogP) is 2.98. The van der Waals surface area contributed by atoms with Crippen molar-refractivity contribution in [2.45, 2.75) is 33.2 Å². The number of carbonyl (C=O) groups is 1. The van der Waals surface area contributed by atoms with E-state index in [1.54, 1.807) is 0 Å². The van der Waals surface area contributed by atoms with Crippen molar-refractivity contribution in [3.8, 4) is 5.75 Å². The van der Waals surface area contributed by atoms with Gasteiger partial charge in [0, 0.05) is 42.7 Å². The van der Waals surface area contributed by atoms with Gasteiger partial charge in [-0.1, -0.05) is 0 Å². The lowest BCUT2D eigenvalue weighted by Gasteiger charge is -2.20. The summed E-state index contributed by atoms with van der Waals surface area (Å²) in [5, 5.41) is 1.19. The number of ether oxygens (including phenoxy) is 1. The molecular weight excluding hydrogens is 252 g/mol. The monoisotopic (exact) mass is 274 g/mol. The summed E-state index contributed by atoms with van der Waals surface area (Å²) < 4.78 is 5.09. The lowest BCUT2D eigenvalue weighted by Crippen LogP contribution is -2.28. The zero-order valence-corrected chi connectivity index (χ0v) is 12.6. The van der Waals surface area contributed by atoms with Crippen LogP contribution in [0, 0.1) is 0 Å². The van der Waals surface area contributed by atoms with Gasteiger partial charge >= 0.3 is 5.97 Å². The quantitative estimate of drug-likeness (QED) is 0.673. The van der Waals surface area contributed by atoms with Gasteiger partial charge in [-0.2, -0.15) is 0 Å². The van der Waals surface area contributed by atoms with Crippen molar-refractivity contribution in [2.24, 2.45) is 0 Å². The van der Waals surface area contributed by atoms with Gasteiger partial charge in [-0.05, 0) is 45.0 Å². The fraction of sp³-hybridized carbons (Fsp3) is 0.438. The van der Waals surface area contributed by atoms with Crippen LogP contribution in [-0.2, 0) is 11.2 Å². The highest BCUT2D eigenvalue weighted by atomic mass is 16.5. The van der Waals surface area contributed by atoms with Crippen LogP contribution in [0.2, 0.25) is 0 Å². The molecule has 0 aliphatic carbocycles. The zero-order valence-electron chi connectivity index (χ0n) is 12.6. The number of esters is 1. The molecule has 1 N–H and O–H groups in total. The van der Waals surface area contributed by atoms with E-state index in [0.717, 1.165) is 18.5 Å². The molecule has 1 aromatic carbocycles. The Morgan fingerprint density at radius 2 is 2.15 bits per heavy atom. The molecule has 0 spiro atoms. The number of H-pyrrole nitrogens is 1. The molecule has 0 atom stereocenters. The van der Waals surface area contributed by atoms with Crippen LogP contribution in [0.4, 0.5) is 0 Å². The first-order valence-corrected chi connectivity index (χ1v) is 6.96. The highest BCUT2D eigenvalue weighted by Crippen LogP contribution is 2.24. The van der Waals surface area contributed by atoms with Gasteiger partial charge in [0.2, 0.25) is 0 Å². The van der Waals surface area contributed by atoms with E-state index in [0.29, 0.717) is 11.8 Å². The van der Waals surface area contributed by atoms with E-state index in [2.05, 4.69) is 30.8 Å². The summed E-state index contributed by atoms with van der Waals surface area (Å²) in [7, 11) is 2.14. The first-order chi connectivity index (χ1) is 9.47. The van der Waals surface area contributed by atoms with Gasteiger partial charge in [0.1, 0.15) is 5.75 Å². The Kier molecular flexibility index (Phi) is 4.45. The number of aromatic amines is 1. The number of likely N-dealkylation sites (N-methyl/N-ethyl adjacent to an activating group) is 1. The molecule has 0 amide bonds. The third kappa shape index (κ3) is 3.39. The van der Waals surface area contributed by atoms with Crippen LogP contribution >= 0.6 is 0 Å². The number of benzene rings is 1. The molecule has 2 rings (SSSR count). The molecule has 2 aromatic rings. The Balaban J connectivity index is 2.14. The highest BCUT2D eigenvalue weighted by Gasteiger charge is 2.08. The highest BCUT2D eigenvalue weighted by molar-refractivity contribution is 5.85. The van der Waals surface area contributed by atoms with Crippen LogP contribution in [0.25, 0.3) is 10.9 Å². The summed E-state index contributed by atoms with van der Waals surface area (Å²) in [4.78, 5) is 16.5. The number of hydrogen-bond donors (Lipinski definition) is 1. The van der Waals surface area contributed by atoms with Gasteiger partial charge < -0.3 is 14.6 Å². The van der Waals surface area contributed by atoms with E-state index in [4.69, 9.17) is 4.74 Å². The molecule has 0 radical (unpaired) electrons. The van der Waals surface area contributed by atoms with Gasteiger partial charge in [0.25, 0.3) is 0 Å². The maximum atomic E-state index is 11.0. The summed E-state index contributed by atoms with van der Waals surface area (Å²) in [6, 6.07) is 6.27. The molecule has 0 saturated heterocycles. The Morgan fingerprint density at radius 3 is 2.80 bits per heavy atom. The van der Waals surface area contributed by atoms with Crippen molar-refractivity contribution >= 4 is 16.9 Å². The summed E-state index contributed by atoms with van der Waals surface area (Å²) in [5.41, 5.74) is 2.30. The van der Waals surface area contributed by atoms with Crippen molar-refractivity contribution in [3.05, 3.63) is 30.0 Å². The maximum absolute atomic E-state index is 11.0. The fourth-order valence-electron chi connectivity index (χ4n) is 2.16. The van der Waals surface area contributed by atoms with Crippen LogP contribution in [0.15, 0.2) is 24.4 Å². The smallest absolute Gasteiger partial charge is 0.308 e. The zero-order chi connectivity index (χ0) is 14.7. The number of rotatable bonds is 5. The number of aromatic nitrogens is 1. The fourth-order valence-corrected chi connectivity index (χ4v) is 2.16. The molecule has 0 saturated carbocycles. The minimum Gasteiger partial charge on any atom is -0.427 e. The van der Waals surface area contributed by atoms with E-state index >= 15 is 0 Å². The minimum absolute atomic E-state index is 0.297. The van der Waals surface area contributed by atoms with Crippen LogP contribution in [0.3, 0.4) is 0 Å². The number of nitrogens with one attached hydrogen (secondary N) is 1. The summed E-state index contributed by atoms with van der Waals surface area (Å²) in [6.45, 7) is 6.82. The molecule has 20 heavy (non-hydrogen) atoms. The van der Waals surface area contributed by atoms with Crippen LogP contribution in [-0.4, -0.2) is 35.5 Å². The number of carbonyl (C=O) groups excluding carboxylic acids is 1. The average Bonchev–Trinajstić information content (AvgIpc) is 2.77. The number of nitrogens with zero attached hydrogens (tertiary/aromatic N) is 1. The third-order valence-electron chi connectivity index (χ3n) is 3.62. The van der Waals surface area contributed by atoms with Crippen LogP contribution in [0.1, 0.15) is 26.3 Å². The molecule has 4 heteroatoms. The van der Waals surface area contributed by atoms with Gasteiger partial charge in [0.15, 0.2) is 0 Å². The molecule has 1 aromatic heterocycles. The molecule has 0 aliphatic heterocycles. The molecule has 108 valence electrons. The molecule has 1 heterocycles. The average molecular weight is 274 g/mol. The Morgan fingerprint density at radius 1 is 1.40 bits per heavy atom. The minimum atomic E-state index is -0.297. The van der Waals surface area contributed by atoms with E-state index in [9.17, 15) is 4.79 Å². The van der Waals surface area contributed by atoms with E-state index < -0.39 is 0 Å². The van der Waals surface area contributed by atoms with Gasteiger partial charge in [-0.3, -0.25) is 4.79 Å². The third-order valence-corrected chi connectivity index (χ3v) is 3.62. The summed E-state index contributed by atoms with van der Waals surface area (Å²) >= 11 is 0. The lowest BCUT2D eigenvalue weighted by molar-refractivity contribution is -0.131. The Labute approximate surface area is 119 Å². The summed E-state index contributed by atoms with van der Waals surface area (Å²) in [5.74, 6) is 0.285.